The van der Waals surface area contributed by atoms with Crippen LogP contribution < -0.4 is 0 Å². The first-order valence-corrected chi connectivity index (χ1v) is 3.97. The van der Waals surface area contributed by atoms with E-state index < -0.39 is 5.44 Å². The molecule has 0 heterocycles. The Bertz CT molecular complexity index is 93.0. The molecule has 54 valence electrons. The van der Waals surface area contributed by atoms with Gasteiger partial charge in [0.15, 0.2) is 0 Å². The summed E-state index contributed by atoms with van der Waals surface area (Å²) in [6.07, 6.45) is 0. The first kappa shape index (κ1) is 9.20. The lowest BCUT2D eigenvalue weighted by Gasteiger charge is -2.04. The molecule has 0 saturated carbocycles. The van der Waals surface area contributed by atoms with Gasteiger partial charge in [-0.15, -0.1) is 0 Å². The van der Waals surface area contributed by atoms with Crippen molar-refractivity contribution in [3.8, 4) is 0 Å². The van der Waals surface area contributed by atoms with Crippen molar-refractivity contribution in [2.24, 2.45) is 0 Å². The Morgan fingerprint density at radius 2 is 2.44 bits per heavy atom. The highest BCUT2D eigenvalue weighted by molar-refractivity contribution is 8.22. The van der Waals surface area contributed by atoms with Crippen LogP contribution in [0.3, 0.4) is 0 Å². The zero-order valence-corrected chi connectivity index (χ0v) is 7.09. The van der Waals surface area contributed by atoms with Crippen LogP contribution in [0.15, 0.2) is 0 Å². The van der Waals surface area contributed by atoms with Gasteiger partial charge in [-0.2, -0.15) is 0 Å². The summed E-state index contributed by atoms with van der Waals surface area (Å²) in [5.41, 5.74) is -0.468. The molecule has 0 radical (unpaired) electrons. The van der Waals surface area contributed by atoms with E-state index >= 15 is 0 Å². The molecule has 0 spiro atoms. The maximum Gasteiger partial charge on any atom is 0.222 e. The lowest BCUT2D eigenvalue weighted by atomic mass is 10.9. The molecule has 4 heteroatoms. The van der Waals surface area contributed by atoms with Crippen LogP contribution >= 0.6 is 24.0 Å². The van der Waals surface area contributed by atoms with Crippen LogP contribution in [-0.2, 0) is 4.74 Å². The molecule has 1 atom stereocenters. The molecule has 0 bridgehead atoms. The minimum atomic E-state index is -0.468. The summed E-state index contributed by atoms with van der Waals surface area (Å²) in [4.78, 5) is 0. The van der Waals surface area contributed by atoms with E-state index in [4.69, 9.17) is 22.1 Å². The van der Waals surface area contributed by atoms with Crippen molar-refractivity contribution in [3.63, 3.8) is 0 Å². The normalized spacial score (nSPS) is 12.8. The first-order valence-electron chi connectivity index (χ1n) is 2.68. The summed E-state index contributed by atoms with van der Waals surface area (Å²) in [6, 6.07) is 0. The number of aliphatic hydroxyl groups excluding tert-OH is 1. The molecule has 0 aliphatic rings. The van der Waals surface area contributed by atoms with Gasteiger partial charge in [-0.25, -0.2) is 0 Å². The molecule has 0 aromatic rings. The largest absolute Gasteiger partial charge is 0.479 e. The van der Waals surface area contributed by atoms with Crippen LogP contribution in [0, 0.1) is 0 Å². The SMILES string of the molecule is CCOC(=S)SC(C)O. The number of thiocarbonyl (C=S) groups is 1. The summed E-state index contributed by atoms with van der Waals surface area (Å²) in [6.45, 7) is 4.07. The van der Waals surface area contributed by atoms with Gasteiger partial charge in [0.2, 0.25) is 4.38 Å². The van der Waals surface area contributed by atoms with Gasteiger partial charge in [-0.3, -0.25) is 0 Å². The van der Waals surface area contributed by atoms with Crippen molar-refractivity contribution in [2.45, 2.75) is 19.3 Å². The Balaban J connectivity index is 3.27. The fourth-order valence-corrected chi connectivity index (χ4v) is 1.29. The van der Waals surface area contributed by atoms with E-state index in [-0.39, 0.29) is 0 Å². The van der Waals surface area contributed by atoms with E-state index in [0.29, 0.717) is 11.0 Å². The highest BCUT2D eigenvalue weighted by Crippen LogP contribution is 2.10. The number of hydrogen-bond acceptors (Lipinski definition) is 4. The minimum Gasteiger partial charge on any atom is -0.479 e. The van der Waals surface area contributed by atoms with E-state index in [2.05, 4.69) is 0 Å². The smallest absolute Gasteiger partial charge is 0.222 e. The van der Waals surface area contributed by atoms with Crippen LogP contribution in [-0.4, -0.2) is 21.5 Å². The third-order valence-corrected chi connectivity index (χ3v) is 1.59. The van der Waals surface area contributed by atoms with Gasteiger partial charge in [0.25, 0.3) is 0 Å². The molecule has 0 saturated heterocycles. The number of rotatable bonds is 2. The average Bonchev–Trinajstić information content (AvgIpc) is 1.63. The molecular formula is C5H10O2S2. The van der Waals surface area contributed by atoms with E-state index in [1.165, 1.54) is 0 Å². The van der Waals surface area contributed by atoms with Crippen molar-refractivity contribution in [1.82, 2.24) is 0 Å². The van der Waals surface area contributed by atoms with Gasteiger partial charge in [-0.1, -0.05) is 0 Å². The van der Waals surface area contributed by atoms with E-state index in [1.54, 1.807) is 6.92 Å². The molecule has 2 nitrogen and oxygen atoms in total. The molecule has 9 heavy (non-hydrogen) atoms. The van der Waals surface area contributed by atoms with Crippen LogP contribution in [0.4, 0.5) is 0 Å². The minimum absolute atomic E-state index is 0.410. The number of hydrogen-bond donors (Lipinski definition) is 1. The monoisotopic (exact) mass is 166 g/mol. The lowest BCUT2D eigenvalue weighted by Crippen LogP contribution is -2.02. The number of aliphatic hydroxyl groups is 1. The summed E-state index contributed by atoms with van der Waals surface area (Å²) in [5.74, 6) is 0. The quantitative estimate of drug-likeness (QED) is 0.496. The van der Waals surface area contributed by atoms with E-state index in [0.717, 1.165) is 11.8 Å². The summed E-state index contributed by atoms with van der Waals surface area (Å²) >= 11 is 5.85. The predicted molar refractivity (Wildman–Crippen MR) is 43.5 cm³/mol. The van der Waals surface area contributed by atoms with Crippen molar-refractivity contribution in [2.75, 3.05) is 6.61 Å². The van der Waals surface area contributed by atoms with Gasteiger partial charge < -0.3 is 9.84 Å². The van der Waals surface area contributed by atoms with Crippen LogP contribution in [0.25, 0.3) is 0 Å². The number of ether oxygens (including phenoxy) is 1. The highest BCUT2D eigenvalue weighted by Gasteiger charge is 2.01. The zero-order valence-electron chi connectivity index (χ0n) is 5.46. The molecule has 0 amide bonds. The molecule has 1 unspecified atom stereocenters. The van der Waals surface area contributed by atoms with Crippen LogP contribution in [0.5, 0.6) is 0 Å². The second kappa shape index (κ2) is 5.02. The highest BCUT2D eigenvalue weighted by atomic mass is 32.2. The fraction of sp³-hybridized carbons (Fsp3) is 0.800. The molecular weight excluding hydrogens is 156 g/mol. The molecule has 0 rings (SSSR count). The Hall–Kier alpha value is 0.200. The molecule has 0 aliphatic carbocycles. The third kappa shape index (κ3) is 6.08. The molecule has 0 aromatic carbocycles. The van der Waals surface area contributed by atoms with Crippen molar-refractivity contribution >= 4 is 28.4 Å². The topological polar surface area (TPSA) is 29.5 Å². The summed E-state index contributed by atoms with van der Waals surface area (Å²) < 4.78 is 5.30. The molecule has 0 fully saturated rings. The number of thioether (sulfide) groups is 1. The average molecular weight is 166 g/mol. The first-order chi connectivity index (χ1) is 4.16. The Morgan fingerprint density at radius 1 is 1.89 bits per heavy atom. The summed E-state index contributed by atoms with van der Waals surface area (Å²) in [7, 11) is 0. The standard InChI is InChI=1S/C5H10O2S2/c1-3-7-5(8)9-4(2)6/h4,6H,3H2,1-2H3. The van der Waals surface area contributed by atoms with Crippen LogP contribution in [0.2, 0.25) is 0 Å². The van der Waals surface area contributed by atoms with Crippen LogP contribution in [0.1, 0.15) is 13.8 Å². The lowest BCUT2D eigenvalue weighted by molar-refractivity contribution is 0.283. The maximum absolute atomic E-state index is 8.74. The van der Waals surface area contributed by atoms with Gasteiger partial charge in [-0.05, 0) is 37.8 Å². The van der Waals surface area contributed by atoms with Gasteiger partial charge >= 0.3 is 0 Å². The Morgan fingerprint density at radius 3 is 2.78 bits per heavy atom. The van der Waals surface area contributed by atoms with Gasteiger partial charge in [0, 0.05) is 0 Å². The Kier molecular flexibility index (Phi) is 5.13. The second-order valence-electron chi connectivity index (χ2n) is 1.40. The van der Waals surface area contributed by atoms with Crippen molar-refractivity contribution < 1.29 is 9.84 Å². The Labute approximate surface area is 64.6 Å². The second-order valence-corrected chi connectivity index (χ2v) is 3.32. The predicted octanol–water partition coefficient (Wildman–Crippen LogP) is 1.38. The van der Waals surface area contributed by atoms with Crippen molar-refractivity contribution in [1.29, 1.82) is 0 Å². The zero-order chi connectivity index (χ0) is 7.28. The maximum atomic E-state index is 8.74. The van der Waals surface area contributed by atoms with Gasteiger partial charge in [0.05, 0.1) is 6.61 Å². The van der Waals surface area contributed by atoms with Crippen molar-refractivity contribution in [3.05, 3.63) is 0 Å². The summed E-state index contributed by atoms with van der Waals surface area (Å²) in [5, 5.41) is 8.74. The van der Waals surface area contributed by atoms with E-state index in [9.17, 15) is 0 Å². The molecule has 1 N–H and O–H groups in total. The third-order valence-electron chi connectivity index (χ3n) is 0.529. The van der Waals surface area contributed by atoms with E-state index in [1.807, 2.05) is 6.92 Å². The van der Waals surface area contributed by atoms with Gasteiger partial charge in [0.1, 0.15) is 5.44 Å². The molecule has 0 aromatic heterocycles. The fourth-order valence-electron chi connectivity index (χ4n) is 0.291. The molecule has 0 aliphatic heterocycles.